The Kier molecular flexibility index (Phi) is 4.97. The van der Waals surface area contributed by atoms with Gasteiger partial charge in [0.15, 0.2) is 5.65 Å². The van der Waals surface area contributed by atoms with Gasteiger partial charge in [-0.2, -0.15) is 18.3 Å². The molecule has 148 valence electrons. The van der Waals surface area contributed by atoms with Crippen LogP contribution >= 0.6 is 0 Å². The lowest BCUT2D eigenvalue weighted by atomic mass is 9.86. The Bertz CT molecular complexity index is 961. The standard InChI is InChI=1S/C20H21F3N4O/c21-20(22,23)15-3-1-2-14(10-15)17-11-24-27-9-8-18(26-19(17)27)25-16-6-4-13(12-28)5-7-16/h1-3,8-11,13,16,28H,4-7,12H2,(H,25,26). The highest BCUT2D eigenvalue weighted by atomic mass is 19.4. The van der Waals surface area contributed by atoms with Gasteiger partial charge in [0.2, 0.25) is 0 Å². The zero-order valence-corrected chi connectivity index (χ0v) is 15.2. The predicted molar refractivity (Wildman–Crippen MR) is 99.9 cm³/mol. The number of aliphatic hydroxyl groups is 1. The van der Waals surface area contributed by atoms with Crippen LogP contribution < -0.4 is 5.32 Å². The van der Waals surface area contributed by atoms with E-state index in [2.05, 4.69) is 15.4 Å². The maximum Gasteiger partial charge on any atom is 0.416 e. The molecule has 2 N–H and O–H groups in total. The summed E-state index contributed by atoms with van der Waals surface area (Å²) in [6, 6.07) is 7.28. The number of fused-ring (bicyclic) bond motifs is 1. The Morgan fingerprint density at radius 1 is 1.14 bits per heavy atom. The molecular formula is C20H21F3N4O. The van der Waals surface area contributed by atoms with Crippen LogP contribution in [0.4, 0.5) is 19.0 Å². The second-order valence-corrected chi connectivity index (χ2v) is 7.26. The Hall–Kier alpha value is -2.61. The van der Waals surface area contributed by atoms with Crippen molar-refractivity contribution in [1.29, 1.82) is 0 Å². The molecule has 3 aromatic rings. The van der Waals surface area contributed by atoms with Gasteiger partial charge in [0.05, 0.1) is 11.8 Å². The lowest BCUT2D eigenvalue weighted by molar-refractivity contribution is -0.137. The second kappa shape index (κ2) is 7.43. The van der Waals surface area contributed by atoms with Crippen LogP contribution in [0.25, 0.3) is 16.8 Å². The molecule has 1 aromatic carbocycles. The molecule has 1 aliphatic carbocycles. The molecule has 0 aliphatic heterocycles. The number of benzene rings is 1. The van der Waals surface area contributed by atoms with Crippen LogP contribution in [-0.4, -0.2) is 32.4 Å². The fraction of sp³-hybridized carbons (Fsp3) is 0.400. The summed E-state index contributed by atoms with van der Waals surface area (Å²) in [6.45, 7) is 0.229. The van der Waals surface area contributed by atoms with Gasteiger partial charge in [0.25, 0.3) is 0 Å². The maximum atomic E-state index is 13.0. The predicted octanol–water partition coefficient (Wildman–Crippen LogP) is 4.38. The molecule has 0 unspecified atom stereocenters. The number of nitrogens with one attached hydrogen (secondary N) is 1. The minimum Gasteiger partial charge on any atom is -0.396 e. The van der Waals surface area contributed by atoms with Crippen molar-refractivity contribution in [2.24, 2.45) is 5.92 Å². The first-order chi connectivity index (χ1) is 13.4. The third kappa shape index (κ3) is 3.82. The van der Waals surface area contributed by atoms with Gasteiger partial charge in [-0.05, 0) is 55.4 Å². The van der Waals surface area contributed by atoms with Crippen molar-refractivity contribution in [2.45, 2.75) is 37.9 Å². The van der Waals surface area contributed by atoms with Gasteiger partial charge in [-0.15, -0.1) is 0 Å². The minimum absolute atomic E-state index is 0.229. The minimum atomic E-state index is -4.40. The van der Waals surface area contributed by atoms with Crippen molar-refractivity contribution >= 4 is 11.5 Å². The number of aromatic nitrogens is 3. The molecule has 0 atom stereocenters. The first-order valence-corrected chi connectivity index (χ1v) is 9.33. The van der Waals surface area contributed by atoms with E-state index >= 15 is 0 Å². The van der Waals surface area contributed by atoms with Gasteiger partial charge in [-0.1, -0.05) is 12.1 Å². The molecule has 2 heterocycles. The van der Waals surface area contributed by atoms with Crippen molar-refractivity contribution in [3.63, 3.8) is 0 Å². The third-order valence-electron chi connectivity index (χ3n) is 5.33. The first kappa shape index (κ1) is 18.7. The fourth-order valence-corrected chi connectivity index (χ4v) is 3.71. The lowest BCUT2D eigenvalue weighted by Crippen LogP contribution is -2.27. The highest BCUT2D eigenvalue weighted by Crippen LogP contribution is 2.33. The van der Waals surface area contributed by atoms with E-state index in [4.69, 9.17) is 0 Å². The Morgan fingerprint density at radius 2 is 1.93 bits per heavy atom. The number of alkyl halides is 3. The van der Waals surface area contributed by atoms with E-state index in [0.29, 0.717) is 28.5 Å². The molecule has 4 rings (SSSR count). The molecule has 1 fully saturated rings. The van der Waals surface area contributed by atoms with Crippen LogP contribution in [0.2, 0.25) is 0 Å². The average Bonchev–Trinajstić information content (AvgIpc) is 3.11. The summed E-state index contributed by atoms with van der Waals surface area (Å²) in [5, 5.41) is 16.9. The number of hydrogen-bond donors (Lipinski definition) is 2. The second-order valence-electron chi connectivity index (χ2n) is 7.26. The Balaban J connectivity index is 1.60. The van der Waals surface area contributed by atoms with Crippen LogP contribution in [-0.2, 0) is 6.18 Å². The number of halogens is 3. The highest BCUT2D eigenvalue weighted by Gasteiger charge is 2.30. The molecular weight excluding hydrogens is 369 g/mol. The molecule has 0 radical (unpaired) electrons. The maximum absolute atomic E-state index is 13.0. The molecule has 28 heavy (non-hydrogen) atoms. The van der Waals surface area contributed by atoms with E-state index in [9.17, 15) is 18.3 Å². The van der Waals surface area contributed by atoms with Gasteiger partial charge in [0.1, 0.15) is 5.82 Å². The molecule has 2 aromatic heterocycles. The monoisotopic (exact) mass is 390 g/mol. The number of rotatable bonds is 4. The SMILES string of the molecule is OCC1CCC(Nc2ccn3ncc(-c4cccc(C(F)(F)F)c4)c3n2)CC1. The van der Waals surface area contributed by atoms with Gasteiger partial charge in [-0.3, -0.25) is 0 Å². The summed E-state index contributed by atoms with van der Waals surface area (Å²) in [7, 11) is 0. The molecule has 5 nitrogen and oxygen atoms in total. The summed E-state index contributed by atoms with van der Waals surface area (Å²) in [6.07, 6.45) is 2.74. The molecule has 8 heteroatoms. The van der Waals surface area contributed by atoms with E-state index in [0.717, 1.165) is 37.8 Å². The van der Waals surface area contributed by atoms with Crippen LogP contribution in [0.15, 0.2) is 42.7 Å². The molecule has 0 saturated heterocycles. The van der Waals surface area contributed by atoms with Gasteiger partial charge < -0.3 is 10.4 Å². The highest BCUT2D eigenvalue weighted by molar-refractivity contribution is 5.78. The smallest absolute Gasteiger partial charge is 0.396 e. The van der Waals surface area contributed by atoms with Gasteiger partial charge in [0, 0.05) is 24.4 Å². The summed E-state index contributed by atoms with van der Waals surface area (Å²) in [4.78, 5) is 4.60. The van der Waals surface area contributed by atoms with E-state index < -0.39 is 11.7 Å². The normalized spacial score (nSPS) is 20.4. The van der Waals surface area contributed by atoms with Crippen molar-refractivity contribution in [2.75, 3.05) is 11.9 Å². The summed E-state index contributed by atoms with van der Waals surface area (Å²) in [5.41, 5.74) is 0.796. The summed E-state index contributed by atoms with van der Waals surface area (Å²) < 4.78 is 40.7. The number of nitrogens with zero attached hydrogens (tertiary/aromatic N) is 3. The van der Waals surface area contributed by atoms with Crippen LogP contribution in [0.1, 0.15) is 31.2 Å². The summed E-state index contributed by atoms with van der Waals surface area (Å²) in [5.74, 6) is 1.05. The molecule has 0 spiro atoms. The van der Waals surface area contributed by atoms with Crippen LogP contribution in [0.5, 0.6) is 0 Å². The van der Waals surface area contributed by atoms with Crippen molar-refractivity contribution < 1.29 is 18.3 Å². The van der Waals surface area contributed by atoms with Crippen molar-refractivity contribution in [1.82, 2.24) is 14.6 Å². The van der Waals surface area contributed by atoms with Crippen molar-refractivity contribution in [3.05, 3.63) is 48.3 Å². The van der Waals surface area contributed by atoms with Gasteiger partial charge >= 0.3 is 6.18 Å². The largest absolute Gasteiger partial charge is 0.416 e. The number of anilines is 1. The van der Waals surface area contributed by atoms with E-state index in [1.54, 1.807) is 16.8 Å². The summed E-state index contributed by atoms with van der Waals surface area (Å²) >= 11 is 0. The van der Waals surface area contributed by atoms with Gasteiger partial charge in [-0.25, -0.2) is 9.50 Å². The molecule has 1 saturated carbocycles. The van der Waals surface area contributed by atoms with Crippen molar-refractivity contribution in [3.8, 4) is 11.1 Å². The fourth-order valence-electron chi connectivity index (χ4n) is 3.71. The first-order valence-electron chi connectivity index (χ1n) is 9.33. The molecule has 0 amide bonds. The van der Waals surface area contributed by atoms with Crippen LogP contribution in [0, 0.1) is 5.92 Å². The van der Waals surface area contributed by atoms with E-state index in [-0.39, 0.29) is 12.6 Å². The molecule has 0 bridgehead atoms. The average molecular weight is 390 g/mol. The Labute approximate surface area is 160 Å². The van der Waals surface area contributed by atoms with E-state index in [1.165, 1.54) is 12.3 Å². The quantitative estimate of drug-likeness (QED) is 0.694. The third-order valence-corrected chi connectivity index (χ3v) is 5.33. The lowest BCUT2D eigenvalue weighted by Gasteiger charge is -2.28. The zero-order chi connectivity index (χ0) is 19.7. The molecule has 1 aliphatic rings. The van der Waals surface area contributed by atoms with Crippen LogP contribution in [0.3, 0.4) is 0 Å². The Morgan fingerprint density at radius 3 is 2.64 bits per heavy atom. The van der Waals surface area contributed by atoms with E-state index in [1.807, 2.05) is 6.07 Å². The number of aliphatic hydroxyl groups excluding tert-OH is 1. The topological polar surface area (TPSA) is 62.5 Å². The zero-order valence-electron chi connectivity index (χ0n) is 15.2. The number of hydrogen-bond acceptors (Lipinski definition) is 4.